The van der Waals surface area contributed by atoms with Gasteiger partial charge in [0.1, 0.15) is 11.8 Å². The summed E-state index contributed by atoms with van der Waals surface area (Å²) in [5, 5.41) is 8.59. The lowest BCUT2D eigenvalue weighted by Gasteiger charge is -2.12. The van der Waals surface area contributed by atoms with Crippen LogP contribution in [0.25, 0.3) is 11.1 Å². The lowest BCUT2D eigenvalue weighted by molar-refractivity contribution is -0.148. The van der Waals surface area contributed by atoms with Crippen LogP contribution in [0.1, 0.15) is 6.92 Å². The molecule has 0 aliphatic rings. The zero-order chi connectivity index (χ0) is 15.1. The highest BCUT2D eigenvalue weighted by molar-refractivity contribution is 5.73. The maximum absolute atomic E-state index is 11.5. The third kappa shape index (κ3) is 4.08. The van der Waals surface area contributed by atoms with Crippen LogP contribution < -0.4 is 4.74 Å². The molecule has 4 nitrogen and oxygen atoms in total. The average Bonchev–Trinajstić information content (AvgIpc) is 2.54. The average molecular weight is 281 g/mol. The molecule has 4 heteroatoms. The van der Waals surface area contributed by atoms with Gasteiger partial charge in [0.15, 0.2) is 12.7 Å². The molecule has 0 aromatic heterocycles. The standard InChI is InChI=1S/C17H15NO3/c1-13(11-18)21-17(19)12-20-16-10-6-5-9-15(16)14-7-3-2-4-8-14/h2-10,13H,12H2,1H3/t13-/m1/s1. The molecule has 0 aliphatic heterocycles. The van der Waals surface area contributed by atoms with Crippen molar-refractivity contribution in [3.63, 3.8) is 0 Å². The van der Waals surface area contributed by atoms with Crippen molar-refractivity contribution in [3.8, 4) is 22.9 Å². The van der Waals surface area contributed by atoms with E-state index in [0.717, 1.165) is 11.1 Å². The van der Waals surface area contributed by atoms with Crippen LogP contribution in [0.2, 0.25) is 0 Å². The van der Waals surface area contributed by atoms with Crippen LogP contribution in [0.5, 0.6) is 5.75 Å². The van der Waals surface area contributed by atoms with Gasteiger partial charge in [0.2, 0.25) is 0 Å². The van der Waals surface area contributed by atoms with Gasteiger partial charge in [-0.1, -0.05) is 48.5 Å². The number of ether oxygens (including phenoxy) is 2. The molecule has 2 aromatic carbocycles. The highest BCUT2D eigenvalue weighted by Crippen LogP contribution is 2.29. The predicted octanol–water partition coefficient (Wildman–Crippen LogP) is 3.19. The van der Waals surface area contributed by atoms with Crippen molar-refractivity contribution in [1.29, 1.82) is 5.26 Å². The highest BCUT2D eigenvalue weighted by atomic mass is 16.6. The molecular weight excluding hydrogens is 266 g/mol. The Morgan fingerprint density at radius 3 is 2.52 bits per heavy atom. The van der Waals surface area contributed by atoms with E-state index >= 15 is 0 Å². The van der Waals surface area contributed by atoms with Gasteiger partial charge in [0.05, 0.1) is 0 Å². The minimum Gasteiger partial charge on any atom is -0.481 e. The molecule has 0 unspecified atom stereocenters. The number of esters is 1. The summed E-state index contributed by atoms with van der Waals surface area (Å²) in [5.41, 5.74) is 1.91. The van der Waals surface area contributed by atoms with Gasteiger partial charge in [-0.05, 0) is 18.6 Å². The minimum atomic E-state index is -0.773. The number of hydrogen-bond donors (Lipinski definition) is 0. The molecule has 0 radical (unpaired) electrons. The Balaban J connectivity index is 2.08. The van der Waals surface area contributed by atoms with Crippen molar-refractivity contribution in [3.05, 3.63) is 54.6 Å². The summed E-state index contributed by atoms with van der Waals surface area (Å²) in [7, 11) is 0. The van der Waals surface area contributed by atoms with Crippen LogP contribution >= 0.6 is 0 Å². The monoisotopic (exact) mass is 281 g/mol. The van der Waals surface area contributed by atoms with Crippen molar-refractivity contribution < 1.29 is 14.3 Å². The number of para-hydroxylation sites is 1. The van der Waals surface area contributed by atoms with E-state index in [0.29, 0.717) is 5.75 Å². The molecule has 2 aromatic rings. The molecule has 0 amide bonds. The number of benzene rings is 2. The molecule has 2 rings (SSSR count). The molecule has 21 heavy (non-hydrogen) atoms. The normalized spacial score (nSPS) is 11.2. The topological polar surface area (TPSA) is 59.3 Å². The minimum absolute atomic E-state index is 0.226. The molecule has 0 heterocycles. The molecule has 0 saturated heterocycles. The SMILES string of the molecule is C[C@H](C#N)OC(=O)COc1ccccc1-c1ccccc1. The van der Waals surface area contributed by atoms with Crippen molar-refractivity contribution in [2.45, 2.75) is 13.0 Å². The van der Waals surface area contributed by atoms with E-state index in [1.165, 1.54) is 6.92 Å². The third-order valence-corrected chi connectivity index (χ3v) is 2.81. The van der Waals surface area contributed by atoms with Crippen LogP contribution in [0.15, 0.2) is 54.6 Å². The van der Waals surface area contributed by atoms with Crippen molar-refractivity contribution in [1.82, 2.24) is 0 Å². The summed E-state index contributed by atoms with van der Waals surface area (Å²) in [4.78, 5) is 11.5. The van der Waals surface area contributed by atoms with E-state index in [4.69, 9.17) is 14.7 Å². The van der Waals surface area contributed by atoms with Gasteiger partial charge in [0.25, 0.3) is 0 Å². The highest BCUT2D eigenvalue weighted by Gasteiger charge is 2.11. The Morgan fingerprint density at radius 1 is 1.14 bits per heavy atom. The second-order valence-corrected chi connectivity index (χ2v) is 4.41. The quantitative estimate of drug-likeness (QED) is 0.790. The fourth-order valence-corrected chi connectivity index (χ4v) is 1.84. The molecule has 0 spiro atoms. The van der Waals surface area contributed by atoms with E-state index in [1.807, 2.05) is 54.6 Å². The molecule has 1 atom stereocenters. The van der Waals surface area contributed by atoms with E-state index in [1.54, 1.807) is 6.07 Å². The van der Waals surface area contributed by atoms with Crippen LogP contribution in [0, 0.1) is 11.3 Å². The third-order valence-electron chi connectivity index (χ3n) is 2.81. The van der Waals surface area contributed by atoms with Crippen molar-refractivity contribution >= 4 is 5.97 Å². The fourth-order valence-electron chi connectivity index (χ4n) is 1.84. The van der Waals surface area contributed by atoms with Crippen molar-refractivity contribution in [2.75, 3.05) is 6.61 Å². The van der Waals surface area contributed by atoms with Gasteiger partial charge in [-0.2, -0.15) is 5.26 Å². The molecule has 0 fully saturated rings. The Kier molecular flexibility index (Phi) is 4.94. The fraction of sp³-hybridized carbons (Fsp3) is 0.176. The Bertz CT molecular complexity index is 647. The lowest BCUT2D eigenvalue weighted by atomic mass is 10.1. The van der Waals surface area contributed by atoms with Gasteiger partial charge in [-0.3, -0.25) is 0 Å². The van der Waals surface area contributed by atoms with Crippen LogP contribution in [-0.4, -0.2) is 18.7 Å². The van der Waals surface area contributed by atoms with Gasteiger partial charge >= 0.3 is 5.97 Å². The summed E-state index contributed by atoms with van der Waals surface area (Å²) in [5.74, 6) is 0.0391. The molecule has 106 valence electrons. The second kappa shape index (κ2) is 7.11. The Morgan fingerprint density at radius 2 is 1.81 bits per heavy atom. The molecule has 0 N–H and O–H groups in total. The number of carbonyl (C=O) groups excluding carboxylic acids is 1. The number of carbonyl (C=O) groups is 1. The predicted molar refractivity (Wildman–Crippen MR) is 78.5 cm³/mol. The number of nitriles is 1. The summed E-state index contributed by atoms with van der Waals surface area (Å²) in [6.45, 7) is 1.28. The van der Waals surface area contributed by atoms with Crippen molar-refractivity contribution in [2.24, 2.45) is 0 Å². The van der Waals surface area contributed by atoms with Crippen LogP contribution in [0.4, 0.5) is 0 Å². The Hall–Kier alpha value is -2.80. The summed E-state index contributed by atoms with van der Waals surface area (Å²) < 4.78 is 10.4. The van der Waals surface area contributed by atoms with E-state index < -0.39 is 12.1 Å². The van der Waals surface area contributed by atoms with Gasteiger partial charge in [-0.15, -0.1) is 0 Å². The number of nitrogens with zero attached hydrogens (tertiary/aromatic N) is 1. The largest absolute Gasteiger partial charge is 0.481 e. The van der Waals surface area contributed by atoms with E-state index in [9.17, 15) is 4.79 Å². The zero-order valence-corrected chi connectivity index (χ0v) is 11.7. The van der Waals surface area contributed by atoms with Gasteiger partial charge in [-0.25, -0.2) is 4.79 Å². The molecule has 0 saturated carbocycles. The first-order valence-corrected chi connectivity index (χ1v) is 6.57. The number of hydrogen-bond acceptors (Lipinski definition) is 4. The first kappa shape index (κ1) is 14.6. The first-order valence-electron chi connectivity index (χ1n) is 6.57. The van der Waals surface area contributed by atoms with E-state index in [-0.39, 0.29) is 6.61 Å². The summed E-state index contributed by atoms with van der Waals surface area (Å²) >= 11 is 0. The van der Waals surface area contributed by atoms with Gasteiger partial charge in [0, 0.05) is 5.56 Å². The summed E-state index contributed by atoms with van der Waals surface area (Å²) in [6, 6.07) is 19.1. The summed E-state index contributed by atoms with van der Waals surface area (Å²) in [6.07, 6.45) is -0.773. The maximum Gasteiger partial charge on any atom is 0.345 e. The maximum atomic E-state index is 11.5. The zero-order valence-electron chi connectivity index (χ0n) is 11.7. The van der Waals surface area contributed by atoms with Crippen LogP contribution in [-0.2, 0) is 9.53 Å². The lowest BCUT2D eigenvalue weighted by Crippen LogP contribution is -2.19. The first-order chi connectivity index (χ1) is 10.2. The smallest absolute Gasteiger partial charge is 0.345 e. The molecule has 0 aliphatic carbocycles. The number of rotatable bonds is 5. The molecule has 0 bridgehead atoms. The second-order valence-electron chi connectivity index (χ2n) is 4.41. The molecular formula is C17H15NO3. The van der Waals surface area contributed by atoms with Crippen LogP contribution in [0.3, 0.4) is 0 Å². The Labute approximate surface area is 123 Å². The van der Waals surface area contributed by atoms with Gasteiger partial charge < -0.3 is 9.47 Å². The van der Waals surface area contributed by atoms with E-state index in [2.05, 4.69) is 0 Å².